The van der Waals surface area contributed by atoms with E-state index in [0.29, 0.717) is 6.54 Å². The molecule has 0 amide bonds. The third kappa shape index (κ3) is 5.35. The molecule has 1 heterocycles. The van der Waals surface area contributed by atoms with Gasteiger partial charge in [-0.2, -0.15) is 21.6 Å². The zero-order chi connectivity index (χ0) is 16.8. The molecule has 5 nitrogen and oxygen atoms in total. The Hall–Kier alpha value is -0.960. The van der Waals surface area contributed by atoms with Gasteiger partial charge in [0, 0.05) is 26.0 Å². The predicted octanol–water partition coefficient (Wildman–Crippen LogP) is 3.22. The van der Waals surface area contributed by atoms with Gasteiger partial charge in [0.1, 0.15) is 0 Å². The zero-order valence-electron chi connectivity index (χ0n) is 12.8. The molecule has 1 rings (SSSR count). The van der Waals surface area contributed by atoms with E-state index in [4.69, 9.17) is 0 Å². The van der Waals surface area contributed by atoms with E-state index in [1.165, 1.54) is 29.5 Å². The molecule has 9 heteroatoms. The van der Waals surface area contributed by atoms with Crippen molar-refractivity contribution in [1.29, 1.82) is 0 Å². The van der Waals surface area contributed by atoms with Crippen molar-refractivity contribution in [2.45, 2.75) is 57.3 Å². The van der Waals surface area contributed by atoms with E-state index in [9.17, 15) is 21.6 Å². The van der Waals surface area contributed by atoms with E-state index in [1.54, 1.807) is 6.20 Å². The third-order valence-electron chi connectivity index (χ3n) is 3.39. The van der Waals surface area contributed by atoms with Crippen molar-refractivity contribution in [1.82, 2.24) is 9.80 Å². The Morgan fingerprint density at radius 3 is 2.27 bits per heavy atom. The van der Waals surface area contributed by atoms with Gasteiger partial charge < -0.3 is 9.80 Å². The van der Waals surface area contributed by atoms with Crippen molar-refractivity contribution in [3.63, 3.8) is 0 Å². The van der Waals surface area contributed by atoms with Crippen molar-refractivity contribution in [2.24, 2.45) is 0 Å². The number of hydrogen-bond acceptors (Lipinski definition) is 5. The molecule has 22 heavy (non-hydrogen) atoms. The molecule has 0 bridgehead atoms. The fourth-order valence-electron chi connectivity index (χ4n) is 2.12. The number of alkyl halides is 3. The molecule has 0 aliphatic carbocycles. The summed E-state index contributed by atoms with van der Waals surface area (Å²) in [6, 6.07) is 0. The molecule has 0 saturated heterocycles. The second kappa shape index (κ2) is 8.05. The van der Waals surface area contributed by atoms with Crippen LogP contribution in [0.15, 0.2) is 12.4 Å². The maximum atomic E-state index is 12.4. The van der Waals surface area contributed by atoms with Gasteiger partial charge in [-0.05, 0) is 6.42 Å². The van der Waals surface area contributed by atoms with Crippen LogP contribution in [0.2, 0.25) is 0 Å². The molecule has 0 saturated carbocycles. The number of rotatable bonds is 9. The van der Waals surface area contributed by atoms with Crippen molar-refractivity contribution in [3.8, 4) is 0 Å². The van der Waals surface area contributed by atoms with Crippen molar-refractivity contribution in [3.05, 3.63) is 12.4 Å². The van der Waals surface area contributed by atoms with Crippen LogP contribution in [0.5, 0.6) is 0 Å². The number of unbranched alkanes of at least 4 members (excludes halogenated alkanes) is 5. The van der Waals surface area contributed by atoms with Crippen LogP contribution in [-0.4, -0.2) is 43.7 Å². The van der Waals surface area contributed by atoms with Crippen LogP contribution in [0, 0.1) is 0 Å². The topological polar surface area (TPSA) is 49.9 Å². The lowest BCUT2D eigenvalue weighted by atomic mass is 10.1. The lowest BCUT2D eigenvalue weighted by Gasteiger charge is -2.29. The monoisotopic (exact) mass is 344 g/mol. The summed E-state index contributed by atoms with van der Waals surface area (Å²) in [4.78, 5) is 2.75. The van der Waals surface area contributed by atoms with Crippen LogP contribution in [0.1, 0.15) is 45.4 Å². The van der Waals surface area contributed by atoms with Crippen LogP contribution >= 0.6 is 0 Å². The number of hydrogen-bond donors (Lipinski definition) is 0. The Kier molecular flexibility index (Phi) is 6.98. The molecule has 0 aromatic rings. The Bertz CT molecular complexity index is 466. The van der Waals surface area contributed by atoms with Crippen LogP contribution in [0.25, 0.3) is 0 Å². The van der Waals surface area contributed by atoms with Gasteiger partial charge in [0.05, 0.1) is 0 Å². The molecular formula is C13H23F3N2O3S. The first kappa shape index (κ1) is 19.1. The van der Waals surface area contributed by atoms with Gasteiger partial charge in [-0.3, -0.25) is 0 Å². The van der Waals surface area contributed by atoms with Crippen LogP contribution in [0.3, 0.4) is 0 Å². The van der Waals surface area contributed by atoms with Gasteiger partial charge in [0.25, 0.3) is 0 Å². The highest BCUT2D eigenvalue weighted by Gasteiger charge is 2.50. The molecule has 130 valence electrons. The second-order valence-electron chi connectivity index (χ2n) is 5.29. The lowest BCUT2D eigenvalue weighted by molar-refractivity contribution is -0.0769. The Balaban J connectivity index is 2.48. The molecule has 0 aromatic carbocycles. The van der Waals surface area contributed by atoms with E-state index in [-0.39, 0.29) is 0 Å². The number of nitrogens with zero attached hydrogens (tertiary/aromatic N) is 2. The normalized spacial score (nSPS) is 19.2. The minimum Gasteiger partial charge on any atom is -0.336 e. The molecule has 0 N–H and O–H groups in total. The molecular weight excluding hydrogens is 321 g/mol. The first-order valence-electron chi connectivity index (χ1n) is 7.34. The van der Waals surface area contributed by atoms with E-state index in [2.05, 4.69) is 11.1 Å². The summed E-state index contributed by atoms with van der Waals surface area (Å²) in [5, 5.41) is 0. The first-order chi connectivity index (χ1) is 10.2. The van der Waals surface area contributed by atoms with E-state index in [1.807, 2.05) is 0 Å². The van der Waals surface area contributed by atoms with Gasteiger partial charge in [0.2, 0.25) is 6.35 Å². The fraction of sp³-hybridized carbons (Fsp3) is 0.846. The summed E-state index contributed by atoms with van der Waals surface area (Å²) in [5.41, 5.74) is -5.41. The van der Waals surface area contributed by atoms with E-state index < -0.39 is 22.0 Å². The Labute approximate surface area is 129 Å². The average molecular weight is 344 g/mol. The molecule has 0 fully saturated rings. The summed E-state index contributed by atoms with van der Waals surface area (Å²) < 4.78 is 63.7. The van der Waals surface area contributed by atoms with Crippen molar-refractivity contribution >= 4 is 10.1 Å². The van der Waals surface area contributed by atoms with Crippen LogP contribution < -0.4 is 0 Å². The van der Waals surface area contributed by atoms with E-state index in [0.717, 1.165) is 32.1 Å². The highest BCUT2D eigenvalue weighted by Crippen LogP contribution is 2.28. The zero-order valence-corrected chi connectivity index (χ0v) is 13.7. The molecule has 0 aromatic heterocycles. The largest absolute Gasteiger partial charge is 0.523 e. The first-order valence-corrected chi connectivity index (χ1v) is 8.75. The highest BCUT2D eigenvalue weighted by molar-refractivity contribution is 7.87. The fourth-order valence-corrected chi connectivity index (χ4v) is 2.70. The minimum absolute atomic E-state index is 0.449. The van der Waals surface area contributed by atoms with Gasteiger partial charge >= 0.3 is 15.6 Å². The standard InChI is InChI=1S/C13H23F3N2O3S/c1-3-4-5-6-7-8-9-18-11-10-17(2)12(18)21-22(19,20)13(14,15)16/h10-12H,3-9H2,1-2H3. The van der Waals surface area contributed by atoms with Crippen LogP contribution in [-0.2, 0) is 14.3 Å². The van der Waals surface area contributed by atoms with Crippen molar-refractivity contribution in [2.75, 3.05) is 13.6 Å². The molecule has 0 radical (unpaired) electrons. The minimum atomic E-state index is -5.61. The van der Waals surface area contributed by atoms with Crippen molar-refractivity contribution < 1.29 is 25.8 Å². The smallest absolute Gasteiger partial charge is 0.336 e. The molecule has 1 aliphatic heterocycles. The van der Waals surface area contributed by atoms with Crippen LogP contribution in [0.4, 0.5) is 13.2 Å². The Morgan fingerprint density at radius 1 is 1.09 bits per heavy atom. The van der Waals surface area contributed by atoms with E-state index >= 15 is 0 Å². The van der Waals surface area contributed by atoms with Gasteiger partial charge in [-0.1, -0.05) is 39.0 Å². The maximum absolute atomic E-state index is 12.4. The Morgan fingerprint density at radius 2 is 1.68 bits per heavy atom. The maximum Gasteiger partial charge on any atom is 0.523 e. The number of halogens is 3. The average Bonchev–Trinajstić information content (AvgIpc) is 2.73. The van der Waals surface area contributed by atoms with Gasteiger partial charge in [-0.15, -0.1) is 0 Å². The summed E-state index contributed by atoms with van der Waals surface area (Å²) in [6.07, 6.45) is 7.99. The predicted molar refractivity (Wildman–Crippen MR) is 76.8 cm³/mol. The quantitative estimate of drug-likeness (QED) is 0.365. The summed E-state index contributed by atoms with van der Waals surface area (Å²) in [5.74, 6) is 0. The second-order valence-corrected chi connectivity index (χ2v) is 6.86. The molecule has 1 aliphatic rings. The van der Waals surface area contributed by atoms with Gasteiger partial charge in [0.15, 0.2) is 0 Å². The summed E-state index contributed by atoms with van der Waals surface area (Å²) >= 11 is 0. The lowest BCUT2D eigenvalue weighted by Crippen LogP contribution is -2.43. The molecule has 1 unspecified atom stereocenters. The molecule has 0 spiro atoms. The SMILES string of the molecule is CCCCCCCCN1C=CN(C)C1OS(=O)(=O)C(F)(F)F. The third-order valence-corrected chi connectivity index (χ3v) is 4.38. The molecule has 1 atom stereocenters. The van der Waals surface area contributed by atoms with Gasteiger partial charge in [-0.25, -0.2) is 4.18 Å². The summed E-state index contributed by atoms with van der Waals surface area (Å²) in [7, 11) is -4.15. The summed E-state index contributed by atoms with van der Waals surface area (Å²) in [6.45, 7) is 2.57. The highest BCUT2D eigenvalue weighted by atomic mass is 32.2.